The Labute approximate surface area is 166 Å². The zero-order chi connectivity index (χ0) is 19.9. The molecule has 0 radical (unpaired) electrons. The van der Waals surface area contributed by atoms with E-state index < -0.39 is 0 Å². The molecular weight excluding hydrogens is 356 g/mol. The van der Waals surface area contributed by atoms with Crippen LogP contribution in [0.2, 0.25) is 0 Å². The molecule has 1 fully saturated rings. The highest BCUT2D eigenvalue weighted by molar-refractivity contribution is 5.80. The number of likely N-dealkylation sites (tertiary alicyclic amines) is 1. The maximum Gasteiger partial charge on any atom is 0.409 e. The van der Waals surface area contributed by atoms with Crippen molar-refractivity contribution in [3.8, 4) is 0 Å². The molecule has 1 amide bonds. The van der Waals surface area contributed by atoms with Gasteiger partial charge in [-0.15, -0.1) is 0 Å². The number of nitrogens with zero attached hydrogens (tertiary/aromatic N) is 4. The average Bonchev–Trinajstić information content (AvgIpc) is 3.12. The van der Waals surface area contributed by atoms with E-state index in [1.54, 1.807) is 11.9 Å². The predicted molar refractivity (Wildman–Crippen MR) is 110 cm³/mol. The highest BCUT2D eigenvalue weighted by Gasteiger charge is 2.24. The summed E-state index contributed by atoms with van der Waals surface area (Å²) < 4.78 is 7.13. The van der Waals surface area contributed by atoms with E-state index in [1.165, 1.54) is 5.56 Å². The van der Waals surface area contributed by atoms with E-state index in [2.05, 4.69) is 39.2 Å². The van der Waals surface area contributed by atoms with Gasteiger partial charge in [0.15, 0.2) is 5.96 Å². The molecule has 0 atom stereocenters. The van der Waals surface area contributed by atoms with Gasteiger partial charge in [-0.2, -0.15) is 0 Å². The molecule has 2 N–H and O–H groups in total. The number of piperidine rings is 1. The number of carbonyl (C=O) groups excluding carboxylic acids is 1. The second-order valence-electron chi connectivity index (χ2n) is 7.01. The quantitative estimate of drug-likeness (QED) is 0.606. The number of imidazole rings is 1. The van der Waals surface area contributed by atoms with Crippen molar-refractivity contribution in [2.24, 2.45) is 4.99 Å². The van der Waals surface area contributed by atoms with E-state index in [-0.39, 0.29) is 6.09 Å². The zero-order valence-electron chi connectivity index (χ0n) is 16.9. The molecular formula is C20H30N6O2. The molecule has 0 bridgehead atoms. The average molecular weight is 387 g/mol. The minimum absolute atomic E-state index is 0.217. The van der Waals surface area contributed by atoms with Gasteiger partial charge in [-0.1, -0.05) is 6.07 Å². The van der Waals surface area contributed by atoms with Crippen LogP contribution in [0.1, 0.15) is 31.0 Å². The summed E-state index contributed by atoms with van der Waals surface area (Å²) in [5.41, 5.74) is 3.24. The number of aryl methyl sites for hydroxylation is 1. The summed E-state index contributed by atoms with van der Waals surface area (Å²) in [5.74, 6) is 0.787. The summed E-state index contributed by atoms with van der Waals surface area (Å²) in [6.45, 7) is 6.48. The molecule has 3 rings (SSSR count). The Kier molecular flexibility index (Phi) is 6.73. The van der Waals surface area contributed by atoms with Crippen LogP contribution in [0.25, 0.3) is 5.65 Å². The van der Waals surface area contributed by atoms with Crippen LogP contribution in [-0.4, -0.2) is 65.7 Å². The minimum Gasteiger partial charge on any atom is -0.450 e. The molecule has 0 saturated carbocycles. The Morgan fingerprint density at radius 1 is 1.39 bits per heavy atom. The summed E-state index contributed by atoms with van der Waals surface area (Å²) in [4.78, 5) is 22.6. The van der Waals surface area contributed by atoms with E-state index in [1.807, 2.05) is 19.2 Å². The molecule has 8 nitrogen and oxygen atoms in total. The van der Waals surface area contributed by atoms with Gasteiger partial charge in [-0.25, -0.2) is 9.78 Å². The van der Waals surface area contributed by atoms with Crippen LogP contribution in [0.4, 0.5) is 4.79 Å². The smallest absolute Gasteiger partial charge is 0.409 e. The second kappa shape index (κ2) is 9.43. The number of aromatic nitrogens is 2. The van der Waals surface area contributed by atoms with Crippen molar-refractivity contribution in [1.29, 1.82) is 0 Å². The number of amides is 1. The number of aliphatic imine (C=N–C) groups is 1. The van der Waals surface area contributed by atoms with Gasteiger partial charge in [0.2, 0.25) is 0 Å². The lowest BCUT2D eigenvalue weighted by atomic mass is 10.1. The van der Waals surface area contributed by atoms with Crippen molar-refractivity contribution in [1.82, 2.24) is 24.9 Å². The van der Waals surface area contributed by atoms with Crippen molar-refractivity contribution >= 4 is 17.7 Å². The normalized spacial score (nSPS) is 15.7. The van der Waals surface area contributed by atoms with Gasteiger partial charge < -0.3 is 24.7 Å². The number of hydrogen-bond acceptors (Lipinski definition) is 4. The molecule has 28 heavy (non-hydrogen) atoms. The number of hydrogen-bond donors (Lipinski definition) is 2. The van der Waals surface area contributed by atoms with E-state index in [0.717, 1.165) is 43.1 Å². The summed E-state index contributed by atoms with van der Waals surface area (Å²) in [7, 11) is 1.78. The first-order valence-electron chi connectivity index (χ1n) is 9.92. The number of ether oxygens (including phenoxy) is 1. The first-order valence-corrected chi connectivity index (χ1v) is 9.92. The van der Waals surface area contributed by atoms with E-state index in [4.69, 9.17) is 9.72 Å². The number of fused-ring (bicyclic) bond motifs is 1. The lowest BCUT2D eigenvalue weighted by Crippen LogP contribution is -2.50. The standard InChI is InChI=1S/C20H30N6O2/c1-4-28-20(27)25-12-8-16(9-13-25)24-19(21-3)22-10-7-17-14-26-11-5-6-15(2)18(26)23-17/h5-6,11,14,16H,4,7-10,12-13H2,1-3H3,(H2,21,22,24). The van der Waals surface area contributed by atoms with Crippen LogP contribution < -0.4 is 10.6 Å². The SMILES string of the molecule is CCOC(=O)N1CCC(NC(=NC)NCCc2cn3cccc(C)c3n2)CC1. The van der Waals surface area contributed by atoms with Crippen LogP contribution >= 0.6 is 0 Å². The summed E-state index contributed by atoms with van der Waals surface area (Å²) in [6, 6.07) is 4.41. The van der Waals surface area contributed by atoms with Crippen LogP contribution in [0.5, 0.6) is 0 Å². The highest BCUT2D eigenvalue weighted by Crippen LogP contribution is 2.12. The molecule has 0 aromatic carbocycles. The van der Waals surface area contributed by atoms with Crippen LogP contribution in [0, 0.1) is 6.92 Å². The van der Waals surface area contributed by atoms with Crippen molar-refractivity contribution in [3.63, 3.8) is 0 Å². The Morgan fingerprint density at radius 3 is 2.86 bits per heavy atom. The second-order valence-corrected chi connectivity index (χ2v) is 7.01. The van der Waals surface area contributed by atoms with Crippen molar-refractivity contribution in [3.05, 3.63) is 35.8 Å². The van der Waals surface area contributed by atoms with Crippen molar-refractivity contribution < 1.29 is 9.53 Å². The topological polar surface area (TPSA) is 83.3 Å². The minimum atomic E-state index is -0.217. The molecule has 152 valence electrons. The molecule has 2 aromatic heterocycles. The molecule has 2 aromatic rings. The van der Waals surface area contributed by atoms with Crippen LogP contribution in [-0.2, 0) is 11.2 Å². The fraction of sp³-hybridized carbons (Fsp3) is 0.550. The van der Waals surface area contributed by atoms with Gasteiger partial charge in [0.05, 0.1) is 12.3 Å². The van der Waals surface area contributed by atoms with Gasteiger partial charge in [0.1, 0.15) is 5.65 Å². The third-order valence-electron chi connectivity index (χ3n) is 4.99. The Hall–Kier alpha value is -2.77. The first-order chi connectivity index (χ1) is 13.6. The molecule has 3 heterocycles. The monoisotopic (exact) mass is 386 g/mol. The molecule has 8 heteroatoms. The number of pyridine rings is 1. The fourth-order valence-electron chi connectivity index (χ4n) is 3.44. The van der Waals surface area contributed by atoms with E-state index in [0.29, 0.717) is 25.7 Å². The van der Waals surface area contributed by atoms with Gasteiger partial charge in [0.25, 0.3) is 0 Å². The van der Waals surface area contributed by atoms with Gasteiger partial charge in [-0.05, 0) is 38.3 Å². The molecule has 1 aliphatic heterocycles. The summed E-state index contributed by atoms with van der Waals surface area (Å²) in [5, 5.41) is 6.82. The highest BCUT2D eigenvalue weighted by atomic mass is 16.6. The number of carbonyl (C=O) groups is 1. The Bertz CT molecular complexity index is 823. The number of rotatable bonds is 5. The third-order valence-corrected chi connectivity index (χ3v) is 4.99. The number of guanidine groups is 1. The number of nitrogens with one attached hydrogen (secondary N) is 2. The van der Waals surface area contributed by atoms with Gasteiger partial charge in [0, 0.05) is 51.5 Å². The zero-order valence-corrected chi connectivity index (χ0v) is 16.9. The maximum absolute atomic E-state index is 11.8. The predicted octanol–water partition coefficient (Wildman–Crippen LogP) is 1.97. The Morgan fingerprint density at radius 2 is 2.18 bits per heavy atom. The summed E-state index contributed by atoms with van der Waals surface area (Å²) in [6.07, 6.45) is 6.46. The third kappa shape index (κ3) is 4.94. The lowest BCUT2D eigenvalue weighted by Gasteiger charge is -2.32. The first kappa shape index (κ1) is 20.0. The van der Waals surface area contributed by atoms with E-state index >= 15 is 0 Å². The van der Waals surface area contributed by atoms with Gasteiger partial charge >= 0.3 is 6.09 Å². The maximum atomic E-state index is 11.8. The molecule has 1 aliphatic rings. The van der Waals surface area contributed by atoms with Crippen LogP contribution in [0.3, 0.4) is 0 Å². The molecule has 1 saturated heterocycles. The lowest BCUT2D eigenvalue weighted by molar-refractivity contribution is 0.0963. The van der Waals surface area contributed by atoms with E-state index in [9.17, 15) is 4.79 Å². The van der Waals surface area contributed by atoms with Crippen molar-refractivity contribution in [2.75, 3.05) is 33.3 Å². The largest absolute Gasteiger partial charge is 0.450 e. The fourth-order valence-corrected chi connectivity index (χ4v) is 3.44. The molecule has 0 aliphatic carbocycles. The Balaban J connectivity index is 1.43. The molecule has 0 spiro atoms. The van der Waals surface area contributed by atoms with Gasteiger partial charge in [-0.3, -0.25) is 4.99 Å². The van der Waals surface area contributed by atoms with Crippen molar-refractivity contribution in [2.45, 2.75) is 39.2 Å². The molecule has 0 unspecified atom stereocenters. The van der Waals surface area contributed by atoms with Crippen LogP contribution in [0.15, 0.2) is 29.5 Å². The summed E-state index contributed by atoms with van der Waals surface area (Å²) >= 11 is 0.